The van der Waals surface area contributed by atoms with Crippen LogP contribution in [0.3, 0.4) is 0 Å². The summed E-state index contributed by atoms with van der Waals surface area (Å²) in [6.45, 7) is 7.01. The molecular weight excluding hydrogens is 488 g/mol. The van der Waals surface area contributed by atoms with Gasteiger partial charge in [0, 0.05) is 18.7 Å². The third-order valence-corrected chi connectivity index (χ3v) is 8.16. The third-order valence-electron chi connectivity index (χ3n) is 4.84. The number of hydrogen-bond acceptors (Lipinski definition) is 7. The Morgan fingerprint density at radius 1 is 1.12 bits per heavy atom. The number of ether oxygens (including phenoxy) is 1. The summed E-state index contributed by atoms with van der Waals surface area (Å²) in [4.78, 5) is 37.9. The van der Waals surface area contributed by atoms with Crippen molar-refractivity contribution in [2.24, 2.45) is 5.92 Å². The number of benzene rings is 1. The Hall–Kier alpha value is -2.27. The van der Waals surface area contributed by atoms with Crippen LogP contribution in [0, 0.1) is 5.92 Å². The number of esters is 1. The molecule has 0 saturated heterocycles. The van der Waals surface area contributed by atoms with Crippen molar-refractivity contribution >= 4 is 50.6 Å². The SMILES string of the molecule is CCN(CC)S(=O)(=O)c1cccc(C(=O)NC(C(=O)OCC(=O)c2ccc(Cl)s2)C(C)C)c1. The topological polar surface area (TPSA) is 110 Å². The number of rotatable bonds is 11. The fourth-order valence-electron chi connectivity index (χ4n) is 2.99. The van der Waals surface area contributed by atoms with Gasteiger partial charge in [-0.3, -0.25) is 9.59 Å². The van der Waals surface area contributed by atoms with Crippen LogP contribution in [0.25, 0.3) is 0 Å². The van der Waals surface area contributed by atoms with Crippen LogP contribution in [-0.4, -0.2) is 56.1 Å². The number of ketones is 1. The van der Waals surface area contributed by atoms with E-state index in [2.05, 4.69) is 5.32 Å². The van der Waals surface area contributed by atoms with Gasteiger partial charge in [-0.05, 0) is 36.2 Å². The van der Waals surface area contributed by atoms with E-state index in [1.807, 2.05) is 0 Å². The first-order valence-corrected chi connectivity index (χ1v) is 13.0. The van der Waals surface area contributed by atoms with E-state index in [9.17, 15) is 22.8 Å². The van der Waals surface area contributed by atoms with Crippen molar-refractivity contribution in [2.45, 2.75) is 38.6 Å². The average molecular weight is 515 g/mol. The lowest BCUT2D eigenvalue weighted by Gasteiger charge is -2.21. The monoisotopic (exact) mass is 514 g/mol. The highest BCUT2D eigenvalue weighted by Crippen LogP contribution is 2.22. The molecule has 0 radical (unpaired) electrons. The van der Waals surface area contributed by atoms with Gasteiger partial charge >= 0.3 is 5.97 Å². The maximum absolute atomic E-state index is 12.8. The maximum Gasteiger partial charge on any atom is 0.329 e. The first-order chi connectivity index (χ1) is 15.5. The van der Waals surface area contributed by atoms with Crippen molar-refractivity contribution in [1.82, 2.24) is 9.62 Å². The van der Waals surface area contributed by atoms with Crippen molar-refractivity contribution < 1.29 is 27.5 Å². The first kappa shape index (κ1) is 27.0. The molecule has 1 unspecified atom stereocenters. The lowest BCUT2D eigenvalue weighted by atomic mass is 10.0. The standard InChI is InChI=1S/C22H27ClN2O6S2/c1-5-25(6-2)33(29,30)16-9-7-8-15(12-16)21(27)24-20(14(3)4)22(28)31-13-17(26)18-10-11-19(23)32-18/h7-12,14,20H,5-6,13H2,1-4H3,(H,24,27). The number of halogens is 1. The lowest BCUT2D eigenvalue weighted by Crippen LogP contribution is -2.45. The van der Waals surface area contributed by atoms with Crippen LogP contribution in [0.4, 0.5) is 0 Å². The van der Waals surface area contributed by atoms with Gasteiger partial charge in [-0.2, -0.15) is 4.31 Å². The van der Waals surface area contributed by atoms with E-state index in [1.54, 1.807) is 39.8 Å². The van der Waals surface area contributed by atoms with Gasteiger partial charge in [0.15, 0.2) is 6.61 Å². The molecule has 0 aliphatic rings. The van der Waals surface area contributed by atoms with E-state index in [0.717, 1.165) is 11.3 Å². The fourth-order valence-corrected chi connectivity index (χ4v) is 5.47. The van der Waals surface area contributed by atoms with Crippen LogP contribution in [-0.2, 0) is 19.6 Å². The van der Waals surface area contributed by atoms with Gasteiger partial charge in [0.1, 0.15) is 6.04 Å². The molecule has 33 heavy (non-hydrogen) atoms. The van der Waals surface area contributed by atoms with Crippen LogP contribution < -0.4 is 5.32 Å². The molecule has 1 aromatic heterocycles. The van der Waals surface area contributed by atoms with E-state index in [1.165, 1.54) is 28.6 Å². The number of nitrogens with one attached hydrogen (secondary N) is 1. The predicted octanol–water partition coefficient (Wildman–Crippen LogP) is 3.61. The van der Waals surface area contributed by atoms with Gasteiger partial charge in [0.25, 0.3) is 5.91 Å². The molecule has 8 nitrogen and oxygen atoms in total. The molecule has 0 fully saturated rings. The summed E-state index contributed by atoms with van der Waals surface area (Å²) < 4.78 is 32.4. The highest BCUT2D eigenvalue weighted by molar-refractivity contribution is 7.89. The Morgan fingerprint density at radius 2 is 1.79 bits per heavy atom. The van der Waals surface area contributed by atoms with Crippen LogP contribution in [0.1, 0.15) is 47.7 Å². The van der Waals surface area contributed by atoms with Crippen molar-refractivity contribution in [1.29, 1.82) is 0 Å². The molecule has 180 valence electrons. The molecule has 1 atom stereocenters. The zero-order chi connectivity index (χ0) is 24.8. The van der Waals surface area contributed by atoms with E-state index in [0.29, 0.717) is 22.3 Å². The molecule has 1 aromatic carbocycles. The van der Waals surface area contributed by atoms with E-state index >= 15 is 0 Å². The molecule has 0 spiro atoms. The second-order valence-electron chi connectivity index (χ2n) is 7.45. The minimum absolute atomic E-state index is 0.0114. The van der Waals surface area contributed by atoms with Gasteiger partial charge in [-0.25, -0.2) is 13.2 Å². The zero-order valence-electron chi connectivity index (χ0n) is 18.8. The molecule has 0 aliphatic heterocycles. The second kappa shape index (κ2) is 11.7. The van der Waals surface area contributed by atoms with Crippen LogP contribution in [0.5, 0.6) is 0 Å². The van der Waals surface area contributed by atoms with Crippen molar-refractivity contribution in [3.05, 3.63) is 51.2 Å². The van der Waals surface area contributed by atoms with Gasteiger partial charge in [-0.15, -0.1) is 11.3 Å². The Balaban J connectivity index is 2.12. The summed E-state index contributed by atoms with van der Waals surface area (Å²) in [5.41, 5.74) is 0.0889. The van der Waals surface area contributed by atoms with Gasteiger partial charge in [0.2, 0.25) is 15.8 Å². The highest BCUT2D eigenvalue weighted by Gasteiger charge is 2.28. The van der Waals surface area contributed by atoms with Crippen LogP contribution in [0.2, 0.25) is 4.34 Å². The van der Waals surface area contributed by atoms with Gasteiger partial charge < -0.3 is 10.1 Å². The number of carbonyl (C=O) groups is 3. The van der Waals surface area contributed by atoms with Gasteiger partial charge in [-0.1, -0.05) is 45.4 Å². The quantitative estimate of drug-likeness (QED) is 0.362. The molecule has 1 N–H and O–H groups in total. The maximum atomic E-state index is 12.8. The number of carbonyl (C=O) groups excluding carboxylic acids is 3. The number of amides is 1. The summed E-state index contributed by atoms with van der Waals surface area (Å²) in [6.07, 6.45) is 0. The van der Waals surface area contributed by atoms with E-state index in [-0.39, 0.29) is 16.4 Å². The zero-order valence-corrected chi connectivity index (χ0v) is 21.2. The van der Waals surface area contributed by atoms with Crippen molar-refractivity contribution in [3.63, 3.8) is 0 Å². The molecule has 0 aliphatic carbocycles. The minimum Gasteiger partial charge on any atom is -0.456 e. The summed E-state index contributed by atoms with van der Waals surface area (Å²) in [5, 5.41) is 2.58. The van der Waals surface area contributed by atoms with Gasteiger partial charge in [0.05, 0.1) is 14.1 Å². The molecule has 2 rings (SSSR count). The molecule has 11 heteroatoms. The van der Waals surface area contributed by atoms with Crippen molar-refractivity contribution in [2.75, 3.05) is 19.7 Å². The summed E-state index contributed by atoms with van der Waals surface area (Å²) in [6, 6.07) is 7.72. The van der Waals surface area contributed by atoms with Crippen LogP contribution in [0.15, 0.2) is 41.3 Å². The number of nitrogens with zero attached hydrogens (tertiary/aromatic N) is 1. The van der Waals surface area contributed by atoms with E-state index in [4.69, 9.17) is 16.3 Å². The number of hydrogen-bond donors (Lipinski definition) is 1. The van der Waals surface area contributed by atoms with Crippen molar-refractivity contribution in [3.8, 4) is 0 Å². The molecule has 0 saturated carbocycles. The number of Topliss-reactive ketones (excluding diaryl/α,β-unsaturated/α-hetero) is 1. The summed E-state index contributed by atoms with van der Waals surface area (Å²) in [7, 11) is -3.75. The van der Waals surface area contributed by atoms with Crippen LogP contribution >= 0.6 is 22.9 Å². The highest BCUT2D eigenvalue weighted by atomic mass is 35.5. The Kier molecular flexibility index (Phi) is 9.59. The number of thiophene rings is 1. The average Bonchev–Trinajstić information content (AvgIpc) is 3.22. The lowest BCUT2D eigenvalue weighted by molar-refractivity contribution is -0.145. The first-order valence-electron chi connectivity index (χ1n) is 10.4. The molecule has 1 heterocycles. The van der Waals surface area contributed by atoms with E-state index < -0.39 is 40.3 Å². The Morgan fingerprint density at radius 3 is 2.33 bits per heavy atom. The predicted molar refractivity (Wildman–Crippen MR) is 127 cm³/mol. The third kappa shape index (κ3) is 6.86. The largest absolute Gasteiger partial charge is 0.456 e. The smallest absolute Gasteiger partial charge is 0.329 e. The molecule has 0 bridgehead atoms. The second-order valence-corrected chi connectivity index (χ2v) is 11.1. The normalized spacial score (nSPS) is 12.6. The minimum atomic E-state index is -3.75. The summed E-state index contributed by atoms with van der Waals surface area (Å²) in [5.74, 6) is -2.13. The molecule has 1 amide bonds. The Bertz CT molecular complexity index is 1110. The molecular formula is C22H27ClN2O6S2. The fraction of sp³-hybridized carbons (Fsp3) is 0.409. The number of sulfonamides is 1. The summed E-state index contributed by atoms with van der Waals surface area (Å²) >= 11 is 6.90. The Labute approximate surface area is 202 Å². The molecule has 2 aromatic rings.